The van der Waals surface area contributed by atoms with Gasteiger partial charge >= 0.3 is 0 Å². The number of piperazine rings is 1. The van der Waals surface area contributed by atoms with Gasteiger partial charge in [-0.1, -0.05) is 29.8 Å². The molecule has 0 radical (unpaired) electrons. The average molecular weight is 491 g/mol. The standard InChI is InChI=1S/C23H27ClN4O4S/c1-15(2)26-14-21-27(33(31,32)19-5-3-4-18(25)13-19)11-10-22(29)28(21)20(23(26)30)12-16-6-8-17(24)9-7-16/h3-9,13,15,20-21H,10-12,14,25H2,1-2H3. The Labute approximate surface area is 198 Å². The Morgan fingerprint density at radius 1 is 1.12 bits per heavy atom. The zero-order valence-corrected chi connectivity index (χ0v) is 20.1. The number of benzene rings is 2. The summed E-state index contributed by atoms with van der Waals surface area (Å²) in [4.78, 5) is 29.7. The van der Waals surface area contributed by atoms with Crippen LogP contribution in [0, 0.1) is 0 Å². The lowest BCUT2D eigenvalue weighted by atomic mass is 9.97. The number of hydrogen-bond acceptors (Lipinski definition) is 5. The molecule has 2 aliphatic heterocycles. The molecular weight excluding hydrogens is 464 g/mol. The SMILES string of the molecule is CC(C)N1CC2N(C(=O)CCN2S(=O)(=O)c2cccc(N)c2)C(Cc2ccc(Cl)cc2)C1=O. The summed E-state index contributed by atoms with van der Waals surface area (Å²) >= 11 is 6.00. The van der Waals surface area contributed by atoms with E-state index in [9.17, 15) is 18.0 Å². The second-order valence-electron chi connectivity index (χ2n) is 8.65. The Balaban J connectivity index is 1.75. The van der Waals surface area contributed by atoms with Crippen LogP contribution in [0.2, 0.25) is 5.02 Å². The maximum absolute atomic E-state index is 13.6. The fraction of sp³-hybridized carbons (Fsp3) is 0.391. The number of hydrogen-bond donors (Lipinski definition) is 1. The minimum absolute atomic E-state index is 0.00409. The van der Waals surface area contributed by atoms with Crippen molar-refractivity contribution in [3.05, 3.63) is 59.1 Å². The van der Waals surface area contributed by atoms with Crippen molar-refractivity contribution in [2.24, 2.45) is 0 Å². The maximum Gasteiger partial charge on any atom is 0.246 e. The summed E-state index contributed by atoms with van der Waals surface area (Å²) in [5.74, 6) is -0.414. The van der Waals surface area contributed by atoms with Crippen molar-refractivity contribution in [2.45, 2.75) is 49.8 Å². The molecule has 0 saturated carbocycles. The summed E-state index contributed by atoms with van der Waals surface area (Å²) in [6, 6.07) is 12.2. The third kappa shape index (κ3) is 4.45. The number of nitrogens with two attached hydrogens (primary N) is 1. The van der Waals surface area contributed by atoms with Gasteiger partial charge in [0.1, 0.15) is 12.2 Å². The highest BCUT2D eigenvalue weighted by atomic mass is 35.5. The third-order valence-corrected chi connectivity index (χ3v) is 8.33. The lowest BCUT2D eigenvalue weighted by Crippen LogP contribution is -2.72. The van der Waals surface area contributed by atoms with E-state index in [1.807, 2.05) is 26.0 Å². The summed E-state index contributed by atoms with van der Waals surface area (Å²) in [6.45, 7) is 3.93. The molecule has 2 unspecified atom stereocenters. The van der Waals surface area contributed by atoms with Gasteiger partial charge in [0.15, 0.2) is 0 Å². The molecule has 176 valence electrons. The smallest absolute Gasteiger partial charge is 0.246 e. The molecule has 2 saturated heterocycles. The van der Waals surface area contributed by atoms with Crippen molar-refractivity contribution in [1.29, 1.82) is 0 Å². The van der Waals surface area contributed by atoms with E-state index >= 15 is 0 Å². The topological polar surface area (TPSA) is 104 Å². The van der Waals surface area contributed by atoms with Crippen LogP contribution in [-0.4, -0.2) is 65.7 Å². The Bertz CT molecular complexity index is 1170. The van der Waals surface area contributed by atoms with Crippen LogP contribution in [0.25, 0.3) is 0 Å². The molecule has 0 spiro atoms. The first kappa shape index (κ1) is 23.5. The van der Waals surface area contributed by atoms with Gasteiger partial charge < -0.3 is 15.5 Å². The number of carbonyl (C=O) groups excluding carboxylic acids is 2. The number of sulfonamides is 1. The molecule has 10 heteroatoms. The Hall–Kier alpha value is -2.62. The Morgan fingerprint density at radius 2 is 1.82 bits per heavy atom. The van der Waals surface area contributed by atoms with Crippen LogP contribution < -0.4 is 5.73 Å². The highest BCUT2D eigenvalue weighted by Crippen LogP contribution is 2.32. The van der Waals surface area contributed by atoms with Gasteiger partial charge in [-0.05, 0) is 49.7 Å². The predicted molar refractivity (Wildman–Crippen MR) is 126 cm³/mol. The highest BCUT2D eigenvalue weighted by Gasteiger charge is 2.51. The molecule has 0 aromatic heterocycles. The van der Waals surface area contributed by atoms with Gasteiger partial charge in [0.2, 0.25) is 21.8 Å². The molecule has 2 heterocycles. The van der Waals surface area contributed by atoms with Crippen molar-refractivity contribution in [3.8, 4) is 0 Å². The Morgan fingerprint density at radius 3 is 2.45 bits per heavy atom. The van der Waals surface area contributed by atoms with Crippen LogP contribution in [0.1, 0.15) is 25.8 Å². The molecule has 33 heavy (non-hydrogen) atoms. The number of fused-ring (bicyclic) bond motifs is 1. The first-order valence-electron chi connectivity index (χ1n) is 10.8. The number of carbonyl (C=O) groups is 2. The third-order valence-electron chi connectivity index (χ3n) is 6.18. The summed E-state index contributed by atoms with van der Waals surface area (Å²) in [6.07, 6.45) is -0.521. The second-order valence-corrected chi connectivity index (χ2v) is 11.0. The van der Waals surface area contributed by atoms with E-state index in [1.165, 1.54) is 21.3 Å². The second kappa shape index (κ2) is 8.96. The molecule has 0 bridgehead atoms. The fourth-order valence-electron chi connectivity index (χ4n) is 4.51. The minimum Gasteiger partial charge on any atom is -0.399 e. The van der Waals surface area contributed by atoms with E-state index < -0.39 is 22.2 Å². The van der Waals surface area contributed by atoms with Crippen LogP contribution in [-0.2, 0) is 26.0 Å². The van der Waals surface area contributed by atoms with Crippen LogP contribution in [0.3, 0.4) is 0 Å². The fourth-order valence-corrected chi connectivity index (χ4v) is 6.26. The number of rotatable bonds is 5. The van der Waals surface area contributed by atoms with Crippen molar-refractivity contribution < 1.29 is 18.0 Å². The average Bonchev–Trinajstić information content (AvgIpc) is 2.76. The Kier molecular flexibility index (Phi) is 6.39. The van der Waals surface area contributed by atoms with E-state index in [0.717, 1.165) is 5.56 Å². The summed E-state index contributed by atoms with van der Waals surface area (Å²) in [7, 11) is -3.94. The van der Waals surface area contributed by atoms with Crippen LogP contribution in [0.15, 0.2) is 53.4 Å². The number of amides is 2. The molecule has 2 N–H and O–H groups in total. The predicted octanol–water partition coefficient (Wildman–Crippen LogP) is 2.33. The molecule has 2 fully saturated rings. The molecule has 4 rings (SSSR count). The number of nitrogens with zero attached hydrogens (tertiary/aromatic N) is 3. The molecule has 2 amide bonds. The molecule has 8 nitrogen and oxygen atoms in total. The summed E-state index contributed by atoms with van der Waals surface area (Å²) < 4.78 is 28.5. The lowest BCUT2D eigenvalue weighted by Gasteiger charge is -2.52. The highest BCUT2D eigenvalue weighted by molar-refractivity contribution is 7.89. The van der Waals surface area contributed by atoms with Gasteiger partial charge in [0.25, 0.3) is 0 Å². The molecule has 2 atom stereocenters. The maximum atomic E-state index is 13.6. The van der Waals surface area contributed by atoms with Crippen molar-refractivity contribution in [2.75, 3.05) is 18.8 Å². The minimum atomic E-state index is -3.94. The molecule has 2 aliphatic rings. The van der Waals surface area contributed by atoms with E-state index in [4.69, 9.17) is 17.3 Å². The van der Waals surface area contributed by atoms with Crippen LogP contribution >= 0.6 is 11.6 Å². The number of nitrogen functional groups attached to an aromatic ring is 1. The zero-order chi connectivity index (χ0) is 23.9. The zero-order valence-electron chi connectivity index (χ0n) is 18.5. The van der Waals surface area contributed by atoms with Gasteiger partial charge in [-0.2, -0.15) is 4.31 Å². The van der Waals surface area contributed by atoms with Crippen LogP contribution in [0.4, 0.5) is 5.69 Å². The van der Waals surface area contributed by atoms with Gasteiger partial charge in [-0.25, -0.2) is 8.42 Å². The largest absolute Gasteiger partial charge is 0.399 e. The summed E-state index contributed by atoms with van der Waals surface area (Å²) in [5, 5.41) is 0.573. The van der Waals surface area contributed by atoms with Crippen LogP contribution in [0.5, 0.6) is 0 Å². The lowest BCUT2D eigenvalue weighted by molar-refractivity contribution is -0.166. The number of anilines is 1. The van der Waals surface area contributed by atoms with Gasteiger partial charge in [-0.3, -0.25) is 9.59 Å². The molecular formula is C23H27ClN4O4S. The van der Waals surface area contributed by atoms with Gasteiger partial charge in [-0.15, -0.1) is 0 Å². The van der Waals surface area contributed by atoms with Crippen molar-refractivity contribution >= 4 is 39.1 Å². The van der Waals surface area contributed by atoms with E-state index in [1.54, 1.807) is 29.2 Å². The van der Waals surface area contributed by atoms with E-state index in [-0.39, 0.29) is 48.7 Å². The normalized spacial score (nSPS) is 22.1. The van der Waals surface area contributed by atoms with Gasteiger partial charge in [0, 0.05) is 36.1 Å². The first-order valence-corrected chi connectivity index (χ1v) is 12.6. The summed E-state index contributed by atoms with van der Waals surface area (Å²) in [5.41, 5.74) is 7.00. The monoisotopic (exact) mass is 490 g/mol. The quantitative estimate of drug-likeness (QED) is 0.648. The van der Waals surface area contributed by atoms with E-state index in [0.29, 0.717) is 10.7 Å². The molecule has 0 aliphatic carbocycles. The van der Waals surface area contributed by atoms with Crippen molar-refractivity contribution in [3.63, 3.8) is 0 Å². The van der Waals surface area contributed by atoms with Gasteiger partial charge in [0.05, 0.1) is 11.4 Å². The molecule has 2 aromatic carbocycles. The first-order chi connectivity index (χ1) is 15.6. The number of halogens is 1. The molecule has 2 aromatic rings. The van der Waals surface area contributed by atoms with Crippen molar-refractivity contribution in [1.82, 2.24) is 14.1 Å². The van der Waals surface area contributed by atoms with E-state index in [2.05, 4.69) is 0 Å².